The van der Waals surface area contributed by atoms with Gasteiger partial charge < -0.3 is 9.30 Å². The Morgan fingerprint density at radius 1 is 1.36 bits per heavy atom. The third kappa shape index (κ3) is 3.50. The molecular weight excluding hydrogens is 338 g/mol. The van der Waals surface area contributed by atoms with Crippen molar-refractivity contribution in [1.82, 2.24) is 24.8 Å². The minimum Gasteiger partial charge on any atom is -0.376 e. The van der Waals surface area contributed by atoms with Crippen molar-refractivity contribution in [2.24, 2.45) is 0 Å². The van der Waals surface area contributed by atoms with Gasteiger partial charge in [0, 0.05) is 29.6 Å². The number of rotatable bonds is 7. The Morgan fingerprint density at radius 3 is 2.92 bits per heavy atom. The third-order valence-electron chi connectivity index (χ3n) is 4.93. The van der Waals surface area contributed by atoms with Crippen molar-refractivity contribution >= 4 is 17.5 Å². The number of Topliss-reactive ketones (excluding diaryl/α,β-unsaturated/α-hetero) is 1. The standard InChI is InChI=1S/C17H23N5O2S/c1-11-8-15(12(2)22(11)13-5-6-13)16(23)10-25-17-18-19-20-21(17)9-14-4-3-7-24-14/h8,13-14H,3-7,9-10H2,1-2H3/t14-/m0/s1. The fraction of sp³-hybridized carbons (Fsp3) is 0.647. The molecule has 2 aromatic rings. The molecule has 0 radical (unpaired) electrons. The fourth-order valence-corrected chi connectivity index (χ4v) is 4.33. The third-order valence-corrected chi connectivity index (χ3v) is 5.89. The molecule has 0 spiro atoms. The molecule has 8 heteroatoms. The van der Waals surface area contributed by atoms with Crippen LogP contribution >= 0.6 is 11.8 Å². The molecule has 1 saturated carbocycles. The van der Waals surface area contributed by atoms with Crippen LogP contribution in [0.25, 0.3) is 0 Å². The largest absolute Gasteiger partial charge is 0.376 e. The van der Waals surface area contributed by atoms with Gasteiger partial charge in [0.1, 0.15) is 0 Å². The topological polar surface area (TPSA) is 74.8 Å². The second-order valence-corrected chi connectivity index (χ2v) is 7.82. The zero-order valence-corrected chi connectivity index (χ0v) is 15.5. The van der Waals surface area contributed by atoms with Gasteiger partial charge >= 0.3 is 0 Å². The number of carbonyl (C=O) groups excluding carboxylic acids is 1. The zero-order valence-electron chi connectivity index (χ0n) is 14.6. The first-order valence-corrected chi connectivity index (χ1v) is 9.84. The molecule has 0 N–H and O–H groups in total. The van der Waals surface area contributed by atoms with Crippen molar-refractivity contribution in [3.8, 4) is 0 Å². The van der Waals surface area contributed by atoms with Gasteiger partial charge in [0.25, 0.3) is 0 Å². The summed E-state index contributed by atoms with van der Waals surface area (Å²) < 4.78 is 9.70. The number of hydrogen-bond acceptors (Lipinski definition) is 6. The van der Waals surface area contributed by atoms with E-state index in [2.05, 4.69) is 27.0 Å². The SMILES string of the molecule is Cc1cc(C(=O)CSc2nnnn2C[C@@H]2CCCO2)c(C)n1C1CC1. The Kier molecular flexibility index (Phi) is 4.64. The van der Waals surface area contributed by atoms with Crippen LogP contribution in [0.4, 0.5) is 0 Å². The number of ether oxygens (including phenoxy) is 1. The van der Waals surface area contributed by atoms with E-state index < -0.39 is 0 Å². The Labute approximate surface area is 151 Å². The predicted octanol–water partition coefficient (Wildman–Crippen LogP) is 2.58. The molecule has 0 bridgehead atoms. The number of aromatic nitrogens is 5. The number of tetrazole rings is 1. The van der Waals surface area contributed by atoms with Gasteiger partial charge in [0.05, 0.1) is 18.4 Å². The summed E-state index contributed by atoms with van der Waals surface area (Å²) in [5.74, 6) is 0.484. The summed E-state index contributed by atoms with van der Waals surface area (Å²) in [7, 11) is 0. The number of thioether (sulfide) groups is 1. The van der Waals surface area contributed by atoms with E-state index in [0.29, 0.717) is 23.5 Å². The average molecular weight is 361 g/mol. The van der Waals surface area contributed by atoms with Crippen molar-refractivity contribution in [2.75, 3.05) is 12.4 Å². The summed E-state index contributed by atoms with van der Waals surface area (Å²) in [6.07, 6.45) is 4.74. The lowest BCUT2D eigenvalue weighted by Gasteiger charge is -2.10. The molecule has 3 heterocycles. The molecule has 1 saturated heterocycles. The lowest BCUT2D eigenvalue weighted by molar-refractivity contribution is 0.0912. The van der Waals surface area contributed by atoms with Crippen LogP contribution in [0.3, 0.4) is 0 Å². The minimum atomic E-state index is 0.136. The highest BCUT2D eigenvalue weighted by molar-refractivity contribution is 7.99. The molecule has 1 aliphatic heterocycles. The molecule has 0 amide bonds. The number of aryl methyl sites for hydroxylation is 1. The van der Waals surface area contributed by atoms with Crippen LogP contribution in [-0.2, 0) is 11.3 Å². The molecule has 0 aromatic carbocycles. The normalized spacial score (nSPS) is 20.3. The maximum atomic E-state index is 12.7. The van der Waals surface area contributed by atoms with Crippen molar-refractivity contribution in [3.05, 3.63) is 23.0 Å². The van der Waals surface area contributed by atoms with Gasteiger partial charge in [-0.05, 0) is 56.0 Å². The number of ketones is 1. The second-order valence-electron chi connectivity index (χ2n) is 6.88. The van der Waals surface area contributed by atoms with Crippen LogP contribution < -0.4 is 0 Å². The highest BCUT2D eigenvalue weighted by Gasteiger charge is 2.28. The second kappa shape index (κ2) is 6.92. The van der Waals surface area contributed by atoms with E-state index in [9.17, 15) is 4.79 Å². The number of nitrogens with zero attached hydrogens (tertiary/aromatic N) is 5. The maximum Gasteiger partial charge on any atom is 0.209 e. The van der Waals surface area contributed by atoms with Crippen molar-refractivity contribution in [3.63, 3.8) is 0 Å². The van der Waals surface area contributed by atoms with E-state index in [0.717, 1.165) is 30.7 Å². The van der Waals surface area contributed by atoms with Gasteiger partial charge in [-0.15, -0.1) is 5.10 Å². The van der Waals surface area contributed by atoms with E-state index in [4.69, 9.17) is 4.74 Å². The molecule has 2 fully saturated rings. The van der Waals surface area contributed by atoms with E-state index in [1.54, 1.807) is 4.68 Å². The monoisotopic (exact) mass is 361 g/mol. The maximum absolute atomic E-state index is 12.7. The molecule has 2 aliphatic rings. The van der Waals surface area contributed by atoms with Gasteiger partial charge in [0.15, 0.2) is 5.78 Å². The Hall–Kier alpha value is -1.67. The van der Waals surface area contributed by atoms with Crippen LogP contribution in [0.5, 0.6) is 0 Å². The summed E-state index contributed by atoms with van der Waals surface area (Å²) in [4.78, 5) is 12.7. The van der Waals surface area contributed by atoms with E-state index in [1.165, 1.54) is 30.3 Å². The van der Waals surface area contributed by atoms with E-state index >= 15 is 0 Å². The Morgan fingerprint density at radius 2 is 2.20 bits per heavy atom. The predicted molar refractivity (Wildman–Crippen MR) is 94.0 cm³/mol. The fourth-order valence-electron chi connectivity index (χ4n) is 3.56. The highest BCUT2D eigenvalue weighted by atomic mass is 32.2. The van der Waals surface area contributed by atoms with Crippen molar-refractivity contribution in [2.45, 2.75) is 63.4 Å². The molecule has 1 atom stereocenters. The van der Waals surface area contributed by atoms with Crippen molar-refractivity contribution < 1.29 is 9.53 Å². The van der Waals surface area contributed by atoms with Crippen molar-refractivity contribution in [1.29, 1.82) is 0 Å². The summed E-state index contributed by atoms with van der Waals surface area (Å²) in [6.45, 7) is 5.59. The van der Waals surface area contributed by atoms with E-state index in [-0.39, 0.29) is 11.9 Å². The highest BCUT2D eigenvalue weighted by Crippen LogP contribution is 2.38. The van der Waals surface area contributed by atoms with Gasteiger partial charge in [-0.25, -0.2) is 4.68 Å². The number of hydrogen-bond donors (Lipinski definition) is 0. The number of carbonyl (C=O) groups is 1. The first-order chi connectivity index (χ1) is 12.1. The van der Waals surface area contributed by atoms with E-state index in [1.807, 2.05) is 13.0 Å². The van der Waals surface area contributed by atoms with Gasteiger partial charge in [-0.3, -0.25) is 4.79 Å². The van der Waals surface area contributed by atoms with Gasteiger partial charge in [-0.2, -0.15) is 0 Å². The Bertz CT molecular complexity index is 774. The first-order valence-electron chi connectivity index (χ1n) is 8.85. The van der Waals surface area contributed by atoms with Crippen LogP contribution in [0.1, 0.15) is 53.5 Å². The Balaban J connectivity index is 1.41. The first kappa shape index (κ1) is 16.8. The average Bonchev–Trinajstić information content (AvgIpc) is 3.00. The molecule has 2 aromatic heterocycles. The smallest absolute Gasteiger partial charge is 0.209 e. The molecule has 1 aliphatic carbocycles. The van der Waals surface area contributed by atoms with Crippen LogP contribution in [0, 0.1) is 13.8 Å². The quantitative estimate of drug-likeness (QED) is 0.557. The minimum absolute atomic E-state index is 0.136. The summed E-state index contributed by atoms with van der Waals surface area (Å²) >= 11 is 1.40. The lowest BCUT2D eigenvalue weighted by atomic mass is 10.2. The molecule has 134 valence electrons. The molecule has 25 heavy (non-hydrogen) atoms. The van der Waals surface area contributed by atoms with Gasteiger partial charge in [-0.1, -0.05) is 11.8 Å². The zero-order chi connectivity index (χ0) is 17.4. The summed E-state index contributed by atoms with van der Waals surface area (Å²) in [5.41, 5.74) is 3.09. The summed E-state index contributed by atoms with van der Waals surface area (Å²) in [6, 6.07) is 2.61. The molecule has 0 unspecified atom stereocenters. The molecule has 7 nitrogen and oxygen atoms in total. The van der Waals surface area contributed by atoms with Crippen LogP contribution in [0.15, 0.2) is 11.2 Å². The molecular formula is C17H23N5O2S. The van der Waals surface area contributed by atoms with Crippen LogP contribution in [-0.4, -0.2) is 49.0 Å². The van der Waals surface area contributed by atoms with Gasteiger partial charge in [0.2, 0.25) is 5.16 Å². The summed E-state index contributed by atoms with van der Waals surface area (Å²) in [5, 5.41) is 12.5. The lowest BCUT2D eigenvalue weighted by Crippen LogP contribution is -2.17. The van der Waals surface area contributed by atoms with Crippen LogP contribution in [0.2, 0.25) is 0 Å². The molecule has 4 rings (SSSR count).